The van der Waals surface area contributed by atoms with E-state index in [2.05, 4.69) is 22.5 Å². The van der Waals surface area contributed by atoms with Crippen LogP contribution in [-0.2, 0) is 4.74 Å². The van der Waals surface area contributed by atoms with Gasteiger partial charge >= 0.3 is 0 Å². The molecule has 2 fully saturated rings. The first-order valence-corrected chi connectivity index (χ1v) is 7.16. The minimum absolute atomic E-state index is 0.291. The monoisotopic (exact) mass is 253 g/mol. The molecule has 2 aliphatic rings. The zero-order valence-electron chi connectivity index (χ0n) is 12.0. The van der Waals surface area contributed by atoms with Gasteiger partial charge in [0.15, 0.2) is 5.96 Å². The minimum Gasteiger partial charge on any atom is -0.383 e. The zero-order valence-corrected chi connectivity index (χ0v) is 12.0. The SMILES string of the molecule is CN=C(NCC1(C2CC2)CCC1)NC(C)COC. The summed E-state index contributed by atoms with van der Waals surface area (Å²) in [5, 5.41) is 6.87. The molecule has 0 aromatic heterocycles. The minimum atomic E-state index is 0.291. The Morgan fingerprint density at radius 2 is 2.17 bits per heavy atom. The highest BCUT2D eigenvalue weighted by atomic mass is 16.5. The van der Waals surface area contributed by atoms with Gasteiger partial charge in [-0.05, 0) is 43.9 Å². The molecule has 4 heteroatoms. The summed E-state index contributed by atoms with van der Waals surface area (Å²) in [6.07, 6.45) is 7.08. The van der Waals surface area contributed by atoms with Crippen molar-refractivity contribution in [1.29, 1.82) is 0 Å². The van der Waals surface area contributed by atoms with Crippen molar-refractivity contribution in [2.45, 2.75) is 45.1 Å². The van der Waals surface area contributed by atoms with Gasteiger partial charge in [0.2, 0.25) is 0 Å². The third kappa shape index (κ3) is 3.16. The average Bonchev–Trinajstić information content (AvgIpc) is 3.11. The molecular formula is C14H27N3O. The van der Waals surface area contributed by atoms with Crippen LogP contribution in [0.25, 0.3) is 0 Å². The van der Waals surface area contributed by atoms with Gasteiger partial charge in [-0.1, -0.05) is 6.42 Å². The highest BCUT2D eigenvalue weighted by Crippen LogP contribution is 2.56. The fourth-order valence-corrected chi connectivity index (χ4v) is 3.04. The van der Waals surface area contributed by atoms with Crippen LogP contribution in [0.4, 0.5) is 0 Å². The molecule has 0 aromatic rings. The van der Waals surface area contributed by atoms with E-state index < -0.39 is 0 Å². The van der Waals surface area contributed by atoms with Gasteiger partial charge in [-0.25, -0.2) is 0 Å². The smallest absolute Gasteiger partial charge is 0.191 e. The molecule has 18 heavy (non-hydrogen) atoms. The van der Waals surface area contributed by atoms with Crippen molar-refractivity contribution in [3.8, 4) is 0 Å². The Kier molecular flexibility index (Phi) is 4.49. The van der Waals surface area contributed by atoms with Crippen molar-refractivity contribution >= 4 is 5.96 Å². The lowest BCUT2D eigenvalue weighted by molar-refractivity contribution is 0.105. The Hall–Kier alpha value is -0.770. The summed E-state index contributed by atoms with van der Waals surface area (Å²) in [6.45, 7) is 3.89. The maximum absolute atomic E-state index is 5.13. The van der Waals surface area contributed by atoms with Crippen LogP contribution in [-0.4, -0.2) is 39.3 Å². The van der Waals surface area contributed by atoms with Gasteiger partial charge < -0.3 is 15.4 Å². The fourth-order valence-electron chi connectivity index (χ4n) is 3.04. The lowest BCUT2D eigenvalue weighted by Crippen LogP contribution is -2.50. The zero-order chi connectivity index (χ0) is 13.0. The molecule has 2 N–H and O–H groups in total. The summed E-state index contributed by atoms with van der Waals surface area (Å²) in [5.41, 5.74) is 0.585. The molecule has 0 spiro atoms. The van der Waals surface area contributed by atoms with Crippen molar-refractivity contribution in [1.82, 2.24) is 10.6 Å². The van der Waals surface area contributed by atoms with E-state index in [0.717, 1.165) is 18.4 Å². The third-order valence-corrected chi connectivity index (χ3v) is 4.42. The molecule has 2 rings (SSSR count). The van der Waals surface area contributed by atoms with Crippen molar-refractivity contribution in [3.63, 3.8) is 0 Å². The molecular weight excluding hydrogens is 226 g/mol. The molecule has 0 bridgehead atoms. The van der Waals surface area contributed by atoms with E-state index in [9.17, 15) is 0 Å². The number of hydrogen-bond acceptors (Lipinski definition) is 2. The maximum Gasteiger partial charge on any atom is 0.191 e. The lowest BCUT2D eigenvalue weighted by Gasteiger charge is -2.43. The van der Waals surface area contributed by atoms with Crippen LogP contribution < -0.4 is 10.6 Å². The van der Waals surface area contributed by atoms with Crippen molar-refractivity contribution in [2.75, 3.05) is 27.3 Å². The second-order valence-electron chi connectivity index (χ2n) is 5.92. The highest BCUT2D eigenvalue weighted by Gasteiger charge is 2.48. The third-order valence-electron chi connectivity index (χ3n) is 4.42. The van der Waals surface area contributed by atoms with E-state index in [1.165, 1.54) is 32.1 Å². The summed E-state index contributed by atoms with van der Waals surface area (Å²) in [6, 6.07) is 0.291. The van der Waals surface area contributed by atoms with Gasteiger partial charge in [0.05, 0.1) is 6.61 Å². The predicted octanol–water partition coefficient (Wildman–Crippen LogP) is 1.77. The molecule has 104 valence electrons. The summed E-state index contributed by atoms with van der Waals surface area (Å²) in [7, 11) is 3.56. The van der Waals surface area contributed by atoms with Crippen molar-refractivity contribution in [3.05, 3.63) is 0 Å². The first-order chi connectivity index (χ1) is 8.70. The Bertz CT molecular complexity index is 295. The molecule has 1 atom stereocenters. The van der Waals surface area contributed by atoms with Gasteiger partial charge in [-0.15, -0.1) is 0 Å². The molecule has 0 heterocycles. The Balaban J connectivity index is 1.76. The summed E-state index contributed by atoms with van der Waals surface area (Å²) >= 11 is 0. The number of rotatable bonds is 6. The average molecular weight is 253 g/mol. The standard InChI is InChI=1S/C14H27N3O/c1-11(9-18-3)17-13(15-2)16-10-14(7-4-8-14)12-5-6-12/h11-12H,4-10H2,1-3H3,(H2,15,16,17). The molecule has 0 aromatic carbocycles. The molecule has 1 unspecified atom stereocenters. The summed E-state index contributed by atoms with van der Waals surface area (Å²) < 4.78 is 5.13. The van der Waals surface area contributed by atoms with Crippen LogP contribution in [0.3, 0.4) is 0 Å². The molecule has 2 saturated carbocycles. The lowest BCUT2D eigenvalue weighted by atomic mass is 9.65. The quantitative estimate of drug-likeness (QED) is 0.560. The number of ether oxygens (including phenoxy) is 1. The largest absolute Gasteiger partial charge is 0.383 e. The number of nitrogens with one attached hydrogen (secondary N) is 2. The number of methoxy groups -OCH3 is 1. The predicted molar refractivity (Wildman–Crippen MR) is 74.8 cm³/mol. The van der Waals surface area contributed by atoms with Crippen LogP contribution >= 0.6 is 0 Å². The normalized spacial score (nSPS) is 24.3. The van der Waals surface area contributed by atoms with Crippen LogP contribution in [0.1, 0.15) is 39.0 Å². The first kappa shape index (κ1) is 13.7. The van der Waals surface area contributed by atoms with E-state index in [-0.39, 0.29) is 0 Å². The molecule has 0 radical (unpaired) electrons. The van der Waals surface area contributed by atoms with Gasteiger partial charge in [-0.3, -0.25) is 4.99 Å². The molecule has 0 saturated heterocycles. The first-order valence-electron chi connectivity index (χ1n) is 7.16. The number of nitrogens with zero attached hydrogens (tertiary/aromatic N) is 1. The van der Waals surface area contributed by atoms with Crippen LogP contribution in [0, 0.1) is 11.3 Å². The topological polar surface area (TPSA) is 45.7 Å². The summed E-state index contributed by atoms with van der Waals surface area (Å²) in [5.74, 6) is 1.89. The van der Waals surface area contributed by atoms with E-state index in [1.54, 1.807) is 7.11 Å². The van der Waals surface area contributed by atoms with Crippen molar-refractivity contribution < 1.29 is 4.74 Å². The number of hydrogen-bond donors (Lipinski definition) is 2. The van der Waals surface area contributed by atoms with Gasteiger partial charge in [-0.2, -0.15) is 0 Å². The van der Waals surface area contributed by atoms with E-state index in [0.29, 0.717) is 18.1 Å². The number of guanidine groups is 1. The molecule has 2 aliphatic carbocycles. The van der Waals surface area contributed by atoms with E-state index >= 15 is 0 Å². The summed E-state index contributed by atoms with van der Waals surface area (Å²) in [4.78, 5) is 4.29. The van der Waals surface area contributed by atoms with Crippen LogP contribution in [0.15, 0.2) is 4.99 Å². The number of aliphatic imine (C=N–C) groups is 1. The molecule has 0 aliphatic heterocycles. The molecule has 4 nitrogen and oxygen atoms in total. The van der Waals surface area contributed by atoms with Gasteiger partial charge in [0.1, 0.15) is 0 Å². The fraction of sp³-hybridized carbons (Fsp3) is 0.929. The Labute approximate surface area is 111 Å². The van der Waals surface area contributed by atoms with Gasteiger partial charge in [0, 0.05) is 26.7 Å². The maximum atomic E-state index is 5.13. The van der Waals surface area contributed by atoms with Crippen LogP contribution in [0.2, 0.25) is 0 Å². The van der Waals surface area contributed by atoms with E-state index in [4.69, 9.17) is 4.74 Å². The van der Waals surface area contributed by atoms with Crippen LogP contribution in [0.5, 0.6) is 0 Å². The van der Waals surface area contributed by atoms with Crippen molar-refractivity contribution in [2.24, 2.45) is 16.3 Å². The second-order valence-corrected chi connectivity index (χ2v) is 5.92. The second kappa shape index (κ2) is 5.91. The highest BCUT2D eigenvalue weighted by molar-refractivity contribution is 5.80. The molecule has 0 amide bonds. The Morgan fingerprint density at radius 1 is 1.44 bits per heavy atom. The van der Waals surface area contributed by atoms with E-state index in [1.807, 2.05) is 7.05 Å². The Morgan fingerprint density at radius 3 is 2.61 bits per heavy atom. The van der Waals surface area contributed by atoms with Gasteiger partial charge in [0.25, 0.3) is 0 Å².